The quantitative estimate of drug-likeness (QED) is 0.575. The molecule has 1 aliphatic heterocycles. The standard InChI is InChI=1S/C18H22BrF4NO/c19-13-5-6-16(15(20)10-13)25-11-14-4-1-2-9-24(14)12-17(7-3-8-17)18(21,22)23/h5-6,10,14H,1-4,7-9,11-12H2. The minimum Gasteiger partial charge on any atom is -0.489 e. The molecule has 1 saturated carbocycles. The molecule has 1 saturated heterocycles. The zero-order valence-electron chi connectivity index (χ0n) is 13.9. The number of halogens is 5. The topological polar surface area (TPSA) is 12.5 Å². The van der Waals surface area contributed by atoms with Crippen molar-refractivity contribution < 1.29 is 22.3 Å². The molecule has 0 aromatic heterocycles. The van der Waals surface area contributed by atoms with Crippen molar-refractivity contribution in [1.29, 1.82) is 0 Å². The molecular formula is C18H22BrF4NO. The molecule has 1 aliphatic carbocycles. The summed E-state index contributed by atoms with van der Waals surface area (Å²) < 4.78 is 60.5. The van der Waals surface area contributed by atoms with Crippen LogP contribution in [0.4, 0.5) is 17.6 Å². The number of alkyl halides is 3. The number of hydrogen-bond acceptors (Lipinski definition) is 2. The van der Waals surface area contributed by atoms with Crippen LogP contribution in [0.2, 0.25) is 0 Å². The van der Waals surface area contributed by atoms with E-state index in [1.54, 1.807) is 6.07 Å². The Labute approximate surface area is 153 Å². The third-order valence-electron chi connectivity index (χ3n) is 5.49. The zero-order chi connectivity index (χ0) is 18.1. The van der Waals surface area contributed by atoms with Crippen molar-refractivity contribution in [3.63, 3.8) is 0 Å². The van der Waals surface area contributed by atoms with Gasteiger partial charge in [0.15, 0.2) is 11.6 Å². The van der Waals surface area contributed by atoms with Gasteiger partial charge >= 0.3 is 6.18 Å². The van der Waals surface area contributed by atoms with Crippen LogP contribution in [-0.4, -0.2) is 36.8 Å². The fourth-order valence-corrected chi connectivity index (χ4v) is 4.09. The lowest BCUT2D eigenvalue weighted by Gasteiger charge is -2.48. The molecule has 0 bridgehead atoms. The molecule has 2 aliphatic rings. The van der Waals surface area contributed by atoms with Crippen LogP contribution < -0.4 is 4.74 Å². The van der Waals surface area contributed by atoms with E-state index in [0.717, 1.165) is 19.3 Å². The summed E-state index contributed by atoms with van der Waals surface area (Å²) in [6, 6.07) is 4.44. The molecule has 1 heterocycles. The highest BCUT2D eigenvalue weighted by molar-refractivity contribution is 9.10. The van der Waals surface area contributed by atoms with E-state index in [1.165, 1.54) is 12.1 Å². The summed E-state index contributed by atoms with van der Waals surface area (Å²) in [4.78, 5) is 1.91. The van der Waals surface area contributed by atoms with Gasteiger partial charge in [-0.25, -0.2) is 4.39 Å². The number of piperidine rings is 1. The van der Waals surface area contributed by atoms with Crippen LogP contribution in [0.15, 0.2) is 22.7 Å². The summed E-state index contributed by atoms with van der Waals surface area (Å²) in [7, 11) is 0. The predicted molar refractivity (Wildman–Crippen MR) is 91.1 cm³/mol. The van der Waals surface area contributed by atoms with Crippen molar-refractivity contribution in [2.24, 2.45) is 5.41 Å². The van der Waals surface area contributed by atoms with Gasteiger partial charge < -0.3 is 4.74 Å². The lowest BCUT2D eigenvalue weighted by atomic mass is 9.67. The van der Waals surface area contributed by atoms with Gasteiger partial charge in [-0.15, -0.1) is 0 Å². The highest BCUT2D eigenvalue weighted by atomic mass is 79.9. The van der Waals surface area contributed by atoms with Crippen LogP contribution in [0.1, 0.15) is 38.5 Å². The first kappa shape index (κ1) is 19.0. The van der Waals surface area contributed by atoms with Gasteiger partial charge in [-0.05, 0) is 50.4 Å². The molecule has 140 valence electrons. The lowest BCUT2D eigenvalue weighted by Crippen LogP contribution is -2.56. The van der Waals surface area contributed by atoms with Crippen molar-refractivity contribution in [3.8, 4) is 5.75 Å². The van der Waals surface area contributed by atoms with Gasteiger partial charge in [0.2, 0.25) is 0 Å². The Morgan fingerprint density at radius 1 is 1.20 bits per heavy atom. The number of ether oxygens (including phenoxy) is 1. The average molecular weight is 424 g/mol. The SMILES string of the molecule is Fc1cc(Br)ccc1OCC1CCCCN1CC1(C(F)(F)F)CCC1. The fraction of sp³-hybridized carbons (Fsp3) is 0.667. The Kier molecular flexibility index (Phi) is 5.63. The van der Waals surface area contributed by atoms with Gasteiger partial charge in [-0.3, -0.25) is 4.90 Å². The van der Waals surface area contributed by atoms with Crippen LogP contribution >= 0.6 is 15.9 Å². The monoisotopic (exact) mass is 423 g/mol. The first-order chi connectivity index (χ1) is 11.8. The normalized spacial score (nSPS) is 24.0. The molecule has 0 amide bonds. The van der Waals surface area contributed by atoms with Gasteiger partial charge in [0.05, 0.1) is 5.41 Å². The molecule has 1 atom stereocenters. The minimum atomic E-state index is -4.16. The molecule has 2 fully saturated rings. The highest BCUT2D eigenvalue weighted by Gasteiger charge is 2.59. The second kappa shape index (κ2) is 7.43. The molecule has 1 aromatic carbocycles. The third kappa shape index (κ3) is 4.13. The van der Waals surface area contributed by atoms with Crippen LogP contribution in [0.3, 0.4) is 0 Å². The molecular weight excluding hydrogens is 402 g/mol. The second-order valence-electron chi connectivity index (χ2n) is 7.14. The van der Waals surface area contributed by atoms with Crippen molar-refractivity contribution in [1.82, 2.24) is 4.90 Å². The molecule has 25 heavy (non-hydrogen) atoms. The van der Waals surface area contributed by atoms with Crippen LogP contribution in [-0.2, 0) is 0 Å². The Morgan fingerprint density at radius 3 is 2.56 bits per heavy atom. The molecule has 0 N–H and O–H groups in total. The Bertz CT molecular complexity index is 603. The van der Waals surface area contributed by atoms with Crippen molar-refractivity contribution in [2.75, 3.05) is 19.7 Å². The van der Waals surface area contributed by atoms with Crippen LogP contribution in [0.25, 0.3) is 0 Å². The summed E-state index contributed by atoms with van der Waals surface area (Å²) in [6.45, 7) is 0.897. The van der Waals surface area contributed by atoms with E-state index in [2.05, 4.69) is 15.9 Å². The number of likely N-dealkylation sites (tertiary alicyclic amines) is 1. The number of nitrogens with zero attached hydrogens (tertiary/aromatic N) is 1. The number of rotatable bonds is 5. The molecule has 1 unspecified atom stereocenters. The Hall–Kier alpha value is -0.820. The van der Waals surface area contributed by atoms with E-state index in [-0.39, 0.29) is 37.8 Å². The zero-order valence-corrected chi connectivity index (χ0v) is 15.5. The van der Waals surface area contributed by atoms with Gasteiger partial charge in [-0.1, -0.05) is 28.8 Å². The second-order valence-corrected chi connectivity index (χ2v) is 8.05. The molecule has 1 aromatic rings. The highest BCUT2D eigenvalue weighted by Crippen LogP contribution is 2.53. The number of hydrogen-bond donors (Lipinski definition) is 0. The van der Waals surface area contributed by atoms with Crippen molar-refractivity contribution >= 4 is 15.9 Å². The fourth-order valence-electron chi connectivity index (χ4n) is 3.76. The summed E-state index contributed by atoms with van der Waals surface area (Å²) in [5.74, 6) is -0.328. The van der Waals surface area contributed by atoms with Crippen LogP contribution in [0.5, 0.6) is 5.75 Å². The number of benzene rings is 1. The molecule has 7 heteroatoms. The molecule has 2 nitrogen and oxygen atoms in total. The summed E-state index contributed by atoms with van der Waals surface area (Å²) in [6.07, 6.45) is -0.454. The van der Waals surface area contributed by atoms with Gasteiger partial charge in [-0.2, -0.15) is 13.2 Å². The van der Waals surface area contributed by atoms with Crippen molar-refractivity contribution in [2.45, 2.75) is 50.7 Å². The maximum Gasteiger partial charge on any atom is 0.395 e. The Balaban J connectivity index is 1.65. The summed E-state index contributed by atoms with van der Waals surface area (Å²) >= 11 is 3.19. The van der Waals surface area contributed by atoms with Gasteiger partial charge in [0, 0.05) is 17.1 Å². The minimum absolute atomic E-state index is 0.0351. The maximum atomic E-state index is 13.9. The summed E-state index contributed by atoms with van der Waals surface area (Å²) in [5, 5.41) is 0. The summed E-state index contributed by atoms with van der Waals surface area (Å²) in [5.41, 5.74) is -1.56. The third-order valence-corrected chi connectivity index (χ3v) is 5.99. The first-order valence-electron chi connectivity index (χ1n) is 8.69. The largest absolute Gasteiger partial charge is 0.489 e. The molecule has 0 radical (unpaired) electrons. The maximum absolute atomic E-state index is 13.9. The Morgan fingerprint density at radius 2 is 1.96 bits per heavy atom. The van der Waals surface area contributed by atoms with E-state index >= 15 is 0 Å². The van der Waals surface area contributed by atoms with E-state index in [9.17, 15) is 17.6 Å². The molecule has 3 rings (SSSR count). The average Bonchev–Trinajstić information content (AvgIpc) is 2.50. The van der Waals surface area contributed by atoms with Gasteiger partial charge in [0.25, 0.3) is 0 Å². The van der Waals surface area contributed by atoms with E-state index in [1.807, 2.05) is 4.90 Å². The van der Waals surface area contributed by atoms with Gasteiger partial charge in [0.1, 0.15) is 6.61 Å². The smallest absolute Gasteiger partial charge is 0.395 e. The predicted octanol–water partition coefficient (Wildman–Crippen LogP) is 5.55. The molecule has 0 spiro atoms. The van der Waals surface area contributed by atoms with Crippen molar-refractivity contribution in [3.05, 3.63) is 28.5 Å². The van der Waals surface area contributed by atoms with E-state index in [4.69, 9.17) is 4.74 Å². The first-order valence-corrected chi connectivity index (χ1v) is 9.49. The van der Waals surface area contributed by atoms with Crippen LogP contribution in [0, 0.1) is 11.2 Å². The van der Waals surface area contributed by atoms with E-state index in [0.29, 0.717) is 17.4 Å². The lowest BCUT2D eigenvalue weighted by molar-refractivity contribution is -0.258. The van der Waals surface area contributed by atoms with E-state index < -0.39 is 17.4 Å².